The van der Waals surface area contributed by atoms with E-state index in [0.29, 0.717) is 38.3 Å². The molecule has 186 valence electrons. The summed E-state index contributed by atoms with van der Waals surface area (Å²) in [6.07, 6.45) is -3.13. The van der Waals surface area contributed by atoms with Gasteiger partial charge in [-0.25, -0.2) is 19.5 Å². The van der Waals surface area contributed by atoms with Crippen molar-refractivity contribution in [3.05, 3.63) is 75.9 Å². The molecule has 0 unspecified atom stereocenters. The topological polar surface area (TPSA) is 121 Å². The predicted octanol–water partition coefficient (Wildman–Crippen LogP) is 5.96. The fourth-order valence-corrected chi connectivity index (χ4v) is 5.09. The third-order valence-electron chi connectivity index (χ3n) is 5.57. The standard InChI is InChI=1S/C23H13F3N6O4S/c1-11-8-16(23(24,25)26)28-22-17(11)18-19(37-22)21-29-20(30-31(21)10-27-18)15-7-6-12(36-15)9-35-14-5-3-2-4-13(14)32(33)34/h2-8,10H,9H2,1H3. The van der Waals surface area contributed by atoms with E-state index in [2.05, 4.69) is 20.1 Å². The van der Waals surface area contributed by atoms with E-state index in [-0.39, 0.29) is 28.7 Å². The number of para-hydroxylation sites is 2. The van der Waals surface area contributed by atoms with Gasteiger partial charge in [0.15, 0.2) is 17.2 Å². The summed E-state index contributed by atoms with van der Waals surface area (Å²) in [7, 11) is 0. The van der Waals surface area contributed by atoms with Crippen molar-refractivity contribution in [3.63, 3.8) is 0 Å². The summed E-state index contributed by atoms with van der Waals surface area (Å²) in [6.45, 7) is 1.52. The summed E-state index contributed by atoms with van der Waals surface area (Å²) in [6, 6.07) is 10.3. The van der Waals surface area contributed by atoms with Crippen molar-refractivity contribution in [3.8, 4) is 17.3 Å². The number of benzene rings is 1. The predicted molar refractivity (Wildman–Crippen MR) is 126 cm³/mol. The first-order valence-electron chi connectivity index (χ1n) is 10.7. The number of pyridine rings is 1. The summed E-state index contributed by atoms with van der Waals surface area (Å²) >= 11 is 1.06. The van der Waals surface area contributed by atoms with Crippen LogP contribution in [0.5, 0.6) is 5.75 Å². The molecule has 0 fully saturated rings. The first-order chi connectivity index (χ1) is 17.7. The van der Waals surface area contributed by atoms with Crippen molar-refractivity contribution < 1.29 is 27.2 Å². The molecule has 0 aliphatic carbocycles. The molecule has 5 aromatic heterocycles. The van der Waals surface area contributed by atoms with Gasteiger partial charge in [-0.1, -0.05) is 12.1 Å². The van der Waals surface area contributed by atoms with Gasteiger partial charge in [0.1, 0.15) is 33.9 Å². The molecule has 0 aliphatic heterocycles. The van der Waals surface area contributed by atoms with E-state index in [1.807, 2.05) is 0 Å². The molecule has 0 saturated heterocycles. The molecule has 5 heterocycles. The van der Waals surface area contributed by atoms with Crippen molar-refractivity contribution >= 4 is 43.1 Å². The summed E-state index contributed by atoms with van der Waals surface area (Å²) < 4.78 is 53.0. The number of nitro groups is 1. The molecule has 10 nitrogen and oxygen atoms in total. The second-order valence-corrected chi connectivity index (χ2v) is 9.01. The minimum Gasteiger partial charge on any atom is -0.479 e. The zero-order chi connectivity index (χ0) is 25.9. The Morgan fingerprint density at radius 1 is 1.19 bits per heavy atom. The number of fused-ring (bicyclic) bond motifs is 5. The van der Waals surface area contributed by atoms with Crippen LogP contribution >= 0.6 is 11.3 Å². The lowest BCUT2D eigenvalue weighted by molar-refractivity contribution is -0.386. The van der Waals surface area contributed by atoms with Gasteiger partial charge in [0.2, 0.25) is 5.82 Å². The Hall–Kier alpha value is -4.59. The highest BCUT2D eigenvalue weighted by molar-refractivity contribution is 7.26. The van der Waals surface area contributed by atoms with E-state index in [9.17, 15) is 23.3 Å². The van der Waals surface area contributed by atoms with Crippen LogP contribution in [0.4, 0.5) is 18.9 Å². The monoisotopic (exact) mass is 526 g/mol. The Bertz CT molecular complexity index is 1840. The van der Waals surface area contributed by atoms with Gasteiger partial charge in [0.25, 0.3) is 0 Å². The number of hydrogen-bond donors (Lipinski definition) is 0. The number of hydrogen-bond acceptors (Lipinski definition) is 9. The number of aryl methyl sites for hydroxylation is 1. The van der Waals surface area contributed by atoms with Gasteiger partial charge in [-0.3, -0.25) is 10.1 Å². The number of ether oxygens (including phenoxy) is 1. The lowest BCUT2D eigenvalue weighted by Gasteiger charge is -2.06. The molecule has 37 heavy (non-hydrogen) atoms. The van der Waals surface area contributed by atoms with Gasteiger partial charge < -0.3 is 9.15 Å². The van der Waals surface area contributed by atoms with Crippen LogP contribution in [0.2, 0.25) is 0 Å². The highest BCUT2D eigenvalue weighted by Crippen LogP contribution is 2.39. The van der Waals surface area contributed by atoms with Crippen molar-refractivity contribution in [2.75, 3.05) is 0 Å². The first-order valence-corrected chi connectivity index (χ1v) is 11.5. The number of aromatic nitrogens is 5. The van der Waals surface area contributed by atoms with Crippen LogP contribution in [0.1, 0.15) is 17.0 Å². The summed E-state index contributed by atoms with van der Waals surface area (Å²) in [5.41, 5.74) is 0.166. The normalized spacial score (nSPS) is 12.1. The summed E-state index contributed by atoms with van der Waals surface area (Å²) in [5, 5.41) is 16.1. The molecule has 0 amide bonds. The number of alkyl halides is 3. The van der Waals surface area contributed by atoms with Crippen LogP contribution in [0.15, 0.2) is 53.2 Å². The maximum absolute atomic E-state index is 13.3. The van der Waals surface area contributed by atoms with Crippen molar-refractivity contribution in [2.24, 2.45) is 0 Å². The highest BCUT2D eigenvalue weighted by atomic mass is 32.1. The highest BCUT2D eigenvalue weighted by Gasteiger charge is 2.33. The van der Waals surface area contributed by atoms with Crippen molar-refractivity contribution in [1.82, 2.24) is 24.6 Å². The molecule has 0 atom stereocenters. The van der Waals surface area contributed by atoms with Gasteiger partial charge in [-0.2, -0.15) is 13.2 Å². The second kappa shape index (κ2) is 8.23. The van der Waals surface area contributed by atoms with Crippen LogP contribution in [-0.4, -0.2) is 29.5 Å². The average molecular weight is 526 g/mol. The zero-order valence-electron chi connectivity index (χ0n) is 18.7. The van der Waals surface area contributed by atoms with Crippen LogP contribution < -0.4 is 4.74 Å². The Morgan fingerprint density at radius 2 is 2.00 bits per heavy atom. The molecule has 0 N–H and O–H groups in total. The molecule has 0 radical (unpaired) electrons. The zero-order valence-corrected chi connectivity index (χ0v) is 19.5. The first kappa shape index (κ1) is 22.8. The van der Waals surface area contributed by atoms with Crippen molar-refractivity contribution in [2.45, 2.75) is 19.7 Å². The maximum Gasteiger partial charge on any atom is 0.433 e. The SMILES string of the molecule is Cc1cc(C(F)(F)F)nc2sc3c(ncn4nc(-c5ccc(COc6ccccc6[N+](=O)[O-])o5)nc34)c12. The molecule has 6 aromatic rings. The smallest absolute Gasteiger partial charge is 0.433 e. The number of halogens is 3. The molecule has 0 bridgehead atoms. The molecule has 6 rings (SSSR count). The van der Waals surface area contributed by atoms with Gasteiger partial charge >= 0.3 is 11.9 Å². The van der Waals surface area contributed by atoms with Crippen LogP contribution in [0, 0.1) is 17.0 Å². The molecular formula is C23H13F3N6O4S. The third kappa shape index (κ3) is 3.91. The Morgan fingerprint density at radius 3 is 2.78 bits per heavy atom. The van der Waals surface area contributed by atoms with Crippen LogP contribution in [0.3, 0.4) is 0 Å². The number of nitrogens with zero attached hydrogens (tertiary/aromatic N) is 6. The Kier molecular flexibility index (Phi) is 5.08. The van der Waals surface area contributed by atoms with E-state index < -0.39 is 16.8 Å². The lowest BCUT2D eigenvalue weighted by Crippen LogP contribution is -2.07. The minimum absolute atomic E-state index is 0.0627. The molecule has 0 saturated carbocycles. The van der Waals surface area contributed by atoms with E-state index >= 15 is 0 Å². The summed E-state index contributed by atoms with van der Waals surface area (Å²) in [5.74, 6) is 1.03. The van der Waals surface area contributed by atoms with E-state index in [1.54, 1.807) is 31.2 Å². The van der Waals surface area contributed by atoms with Gasteiger partial charge in [-0.05, 0) is 36.8 Å². The number of nitro benzene ring substituents is 1. The van der Waals surface area contributed by atoms with Crippen LogP contribution in [-0.2, 0) is 12.8 Å². The van der Waals surface area contributed by atoms with Gasteiger partial charge in [0, 0.05) is 11.5 Å². The largest absolute Gasteiger partial charge is 0.479 e. The third-order valence-corrected chi connectivity index (χ3v) is 6.64. The van der Waals surface area contributed by atoms with Gasteiger partial charge in [-0.15, -0.1) is 16.4 Å². The molecule has 14 heteroatoms. The van der Waals surface area contributed by atoms with E-state index in [4.69, 9.17) is 9.15 Å². The molecule has 0 aliphatic rings. The number of rotatable bonds is 5. The fourth-order valence-electron chi connectivity index (χ4n) is 3.91. The fraction of sp³-hybridized carbons (Fsp3) is 0.130. The summed E-state index contributed by atoms with van der Waals surface area (Å²) in [4.78, 5) is 23.6. The van der Waals surface area contributed by atoms with Gasteiger partial charge in [0.05, 0.1) is 10.4 Å². The lowest BCUT2D eigenvalue weighted by atomic mass is 10.1. The Balaban J connectivity index is 1.35. The second-order valence-electron chi connectivity index (χ2n) is 8.01. The average Bonchev–Trinajstić information content (AvgIpc) is 3.58. The maximum atomic E-state index is 13.3. The van der Waals surface area contributed by atoms with Crippen molar-refractivity contribution in [1.29, 1.82) is 0 Å². The molecule has 0 spiro atoms. The van der Waals surface area contributed by atoms with Crippen LogP contribution in [0.25, 0.3) is 37.7 Å². The number of thiophene rings is 1. The Labute approximate surface area is 208 Å². The van der Waals surface area contributed by atoms with E-state index in [1.165, 1.54) is 23.0 Å². The minimum atomic E-state index is -4.56. The quantitative estimate of drug-likeness (QED) is 0.199. The molecule has 1 aromatic carbocycles. The molecular weight excluding hydrogens is 513 g/mol. The number of furan rings is 1. The van der Waals surface area contributed by atoms with E-state index in [0.717, 1.165) is 17.4 Å².